The van der Waals surface area contributed by atoms with Crippen LogP contribution < -0.4 is 10.1 Å². The highest BCUT2D eigenvalue weighted by atomic mass is 32.2. The van der Waals surface area contributed by atoms with Crippen molar-refractivity contribution < 1.29 is 19.1 Å². The van der Waals surface area contributed by atoms with E-state index in [1.165, 1.54) is 11.8 Å². The second kappa shape index (κ2) is 12.2. The summed E-state index contributed by atoms with van der Waals surface area (Å²) in [6.07, 6.45) is 0.751. The molecule has 0 aliphatic heterocycles. The number of aromatic nitrogens is 3. The molecule has 34 heavy (non-hydrogen) atoms. The second-order valence-electron chi connectivity index (χ2n) is 7.71. The Morgan fingerprint density at radius 2 is 1.79 bits per heavy atom. The number of thioether (sulfide) groups is 1. The van der Waals surface area contributed by atoms with Crippen LogP contribution in [0.15, 0.2) is 47.6 Å². The smallest absolute Gasteiger partial charge is 0.338 e. The number of esters is 1. The van der Waals surface area contributed by atoms with Crippen molar-refractivity contribution >= 4 is 29.3 Å². The van der Waals surface area contributed by atoms with Crippen LogP contribution in [0, 0.1) is 13.8 Å². The number of hydrogen-bond donors (Lipinski definition) is 1. The number of amides is 1. The molecule has 0 bridgehead atoms. The topological polar surface area (TPSA) is 95.3 Å². The highest BCUT2D eigenvalue weighted by Gasteiger charge is 2.15. The number of carbonyl (C=O) groups excluding carboxylic acids is 2. The Morgan fingerprint density at radius 1 is 1.06 bits per heavy atom. The van der Waals surface area contributed by atoms with Gasteiger partial charge < -0.3 is 19.4 Å². The summed E-state index contributed by atoms with van der Waals surface area (Å²) in [6.45, 7) is 9.26. The molecular formula is C25H30N4O4S. The van der Waals surface area contributed by atoms with E-state index >= 15 is 0 Å². The quantitative estimate of drug-likeness (QED) is 0.310. The Labute approximate surface area is 204 Å². The Kier molecular flexibility index (Phi) is 9.09. The number of hydrogen-bond acceptors (Lipinski definition) is 7. The van der Waals surface area contributed by atoms with Crippen LogP contribution in [0.4, 0.5) is 5.69 Å². The summed E-state index contributed by atoms with van der Waals surface area (Å²) in [4.78, 5) is 24.5. The van der Waals surface area contributed by atoms with E-state index in [1.807, 2.05) is 50.5 Å². The van der Waals surface area contributed by atoms with Crippen LogP contribution in [0.25, 0.3) is 0 Å². The fraction of sp³-hybridized carbons (Fsp3) is 0.360. The first-order valence-electron chi connectivity index (χ1n) is 11.2. The number of benzene rings is 2. The van der Waals surface area contributed by atoms with Gasteiger partial charge >= 0.3 is 5.97 Å². The number of ether oxygens (including phenoxy) is 2. The third-order valence-corrected chi connectivity index (χ3v) is 5.98. The Morgan fingerprint density at radius 3 is 2.50 bits per heavy atom. The normalized spacial score (nSPS) is 10.7. The van der Waals surface area contributed by atoms with E-state index in [1.54, 1.807) is 24.3 Å². The molecule has 8 nitrogen and oxygen atoms in total. The minimum absolute atomic E-state index is 0.153. The summed E-state index contributed by atoms with van der Waals surface area (Å²) < 4.78 is 13.1. The Hall–Kier alpha value is -3.33. The van der Waals surface area contributed by atoms with Crippen molar-refractivity contribution in [2.75, 3.05) is 17.7 Å². The van der Waals surface area contributed by atoms with Crippen LogP contribution in [0.2, 0.25) is 0 Å². The van der Waals surface area contributed by atoms with Gasteiger partial charge in [0.25, 0.3) is 0 Å². The number of para-hydroxylation sites is 1. The van der Waals surface area contributed by atoms with Crippen molar-refractivity contribution in [1.29, 1.82) is 0 Å². The minimum Gasteiger partial charge on any atom is -0.485 e. The van der Waals surface area contributed by atoms with Crippen LogP contribution in [-0.2, 0) is 22.7 Å². The lowest BCUT2D eigenvalue weighted by Crippen LogP contribution is -2.15. The third-order valence-electron chi connectivity index (χ3n) is 5.02. The second-order valence-corrected chi connectivity index (χ2v) is 8.65. The van der Waals surface area contributed by atoms with Gasteiger partial charge in [-0.05, 0) is 56.5 Å². The molecule has 3 aromatic rings. The minimum atomic E-state index is -0.404. The molecule has 0 fully saturated rings. The lowest BCUT2D eigenvalue weighted by molar-refractivity contribution is -0.113. The van der Waals surface area contributed by atoms with Crippen molar-refractivity contribution in [3.05, 3.63) is 65.0 Å². The Bertz CT molecular complexity index is 1130. The van der Waals surface area contributed by atoms with E-state index in [-0.39, 0.29) is 11.7 Å². The van der Waals surface area contributed by atoms with Gasteiger partial charge in [0.2, 0.25) is 5.91 Å². The van der Waals surface area contributed by atoms with Gasteiger partial charge in [0.05, 0.1) is 17.9 Å². The van der Waals surface area contributed by atoms with Gasteiger partial charge in [-0.15, -0.1) is 10.2 Å². The zero-order valence-corrected chi connectivity index (χ0v) is 20.8. The fourth-order valence-corrected chi connectivity index (χ4v) is 4.16. The van der Waals surface area contributed by atoms with Crippen molar-refractivity contribution in [2.24, 2.45) is 0 Å². The highest BCUT2D eigenvalue weighted by molar-refractivity contribution is 7.99. The van der Waals surface area contributed by atoms with Gasteiger partial charge in [-0.3, -0.25) is 4.79 Å². The summed E-state index contributed by atoms with van der Waals surface area (Å²) in [5, 5.41) is 12.0. The lowest BCUT2D eigenvalue weighted by atomic mass is 10.1. The molecule has 0 atom stereocenters. The van der Waals surface area contributed by atoms with Crippen LogP contribution in [-0.4, -0.2) is 39.0 Å². The summed E-state index contributed by atoms with van der Waals surface area (Å²) in [5.41, 5.74) is 3.07. The van der Waals surface area contributed by atoms with E-state index in [0.29, 0.717) is 42.0 Å². The standard InChI is InChI=1S/C25H30N4O4S/c1-5-13-32-24(31)19-11-8-12-20(14-19)26-22(30)16-34-25-28-27-21(29(25)6-2)15-33-23-17(3)9-7-10-18(23)4/h7-12,14H,5-6,13,15-16H2,1-4H3,(H,26,30). The first-order valence-corrected chi connectivity index (χ1v) is 12.2. The van der Waals surface area contributed by atoms with Gasteiger partial charge in [0.15, 0.2) is 11.0 Å². The molecule has 0 unspecified atom stereocenters. The van der Waals surface area contributed by atoms with Gasteiger partial charge in [0.1, 0.15) is 12.4 Å². The van der Waals surface area contributed by atoms with Crippen LogP contribution in [0.1, 0.15) is 47.6 Å². The van der Waals surface area contributed by atoms with Crippen molar-refractivity contribution in [1.82, 2.24) is 14.8 Å². The number of anilines is 1. The molecule has 0 aliphatic carbocycles. The SMILES string of the molecule is CCCOC(=O)c1cccc(NC(=O)CSc2nnc(COc3c(C)cccc3C)n2CC)c1. The van der Waals surface area contributed by atoms with Crippen LogP contribution in [0.5, 0.6) is 5.75 Å². The number of aryl methyl sites for hydroxylation is 2. The van der Waals surface area contributed by atoms with E-state index < -0.39 is 5.97 Å². The molecule has 1 amide bonds. The van der Waals surface area contributed by atoms with Gasteiger partial charge in [-0.2, -0.15) is 0 Å². The van der Waals surface area contributed by atoms with Crippen LogP contribution in [0.3, 0.4) is 0 Å². The predicted molar refractivity (Wildman–Crippen MR) is 132 cm³/mol. The molecule has 0 radical (unpaired) electrons. The average molecular weight is 483 g/mol. The molecule has 2 aromatic carbocycles. The molecule has 180 valence electrons. The van der Waals surface area contributed by atoms with Gasteiger partial charge in [0, 0.05) is 12.2 Å². The predicted octanol–water partition coefficient (Wildman–Crippen LogP) is 4.79. The zero-order chi connectivity index (χ0) is 24.5. The molecule has 9 heteroatoms. The molecular weight excluding hydrogens is 452 g/mol. The molecule has 0 saturated carbocycles. The number of rotatable bonds is 11. The maximum atomic E-state index is 12.5. The van der Waals surface area contributed by atoms with E-state index in [9.17, 15) is 9.59 Å². The Balaban J connectivity index is 1.58. The molecule has 1 heterocycles. The first-order chi connectivity index (χ1) is 16.4. The molecule has 1 aromatic heterocycles. The number of nitrogens with zero attached hydrogens (tertiary/aromatic N) is 3. The van der Waals surface area contributed by atoms with E-state index in [4.69, 9.17) is 9.47 Å². The molecule has 0 spiro atoms. The highest BCUT2D eigenvalue weighted by Crippen LogP contribution is 2.24. The first kappa shape index (κ1) is 25.3. The van der Waals surface area contributed by atoms with Crippen LogP contribution >= 0.6 is 11.8 Å². The summed E-state index contributed by atoms with van der Waals surface area (Å²) in [6, 6.07) is 12.7. The monoisotopic (exact) mass is 482 g/mol. The maximum absolute atomic E-state index is 12.5. The van der Waals surface area contributed by atoms with Gasteiger partial charge in [-0.25, -0.2) is 4.79 Å². The molecule has 3 rings (SSSR count). The lowest BCUT2D eigenvalue weighted by Gasteiger charge is -2.12. The van der Waals surface area contributed by atoms with Crippen molar-refractivity contribution in [3.63, 3.8) is 0 Å². The van der Waals surface area contributed by atoms with Crippen molar-refractivity contribution in [2.45, 2.75) is 52.4 Å². The van der Waals surface area contributed by atoms with Crippen molar-refractivity contribution in [3.8, 4) is 5.75 Å². The van der Waals surface area contributed by atoms with Gasteiger partial charge in [-0.1, -0.05) is 43.0 Å². The fourth-order valence-electron chi connectivity index (χ4n) is 3.34. The maximum Gasteiger partial charge on any atom is 0.338 e. The van der Waals surface area contributed by atoms with E-state index in [0.717, 1.165) is 23.3 Å². The summed E-state index contributed by atoms with van der Waals surface area (Å²) in [7, 11) is 0. The molecule has 0 saturated heterocycles. The largest absolute Gasteiger partial charge is 0.485 e. The molecule has 0 aliphatic rings. The zero-order valence-electron chi connectivity index (χ0n) is 20.0. The number of carbonyl (C=O) groups is 2. The summed E-state index contributed by atoms with van der Waals surface area (Å²) in [5.74, 6) is 1.09. The average Bonchev–Trinajstić information content (AvgIpc) is 3.22. The number of nitrogens with one attached hydrogen (secondary N) is 1. The molecule has 1 N–H and O–H groups in total. The summed E-state index contributed by atoms with van der Waals surface area (Å²) >= 11 is 1.30. The van der Waals surface area contributed by atoms with E-state index in [2.05, 4.69) is 15.5 Å². The third kappa shape index (κ3) is 6.60.